The number of pyridine rings is 1. The van der Waals surface area contributed by atoms with E-state index >= 15 is 0 Å². The van der Waals surface area contributed by atoms with Crippen LogP contribution >= 0.6 is 11.3 Å². The predicted octanol–water partition coefficient (Wildman–Crippen LogP) is 3.09. The minimum atomic E-state index is -0.656. The molecule has 0 aliphatic heterocycles. The smallest absolute Gasteiger partial charge is 0.252 e. The fourth-order valence-corrected chi connectivity index (χ4v) is 4.29. The summed E-state index contributed by atoms with van der Waals surface area (Å²) in [4.78, 5) is 20.8. The summed E-state index contributed by atoms with van der Waals surface area (Å²) in [5.74, 6) is 0.0461. The van der Waals surface area contributed by atoms with Gasteiger partial charge in [0.05, 0.1) is 26.9 Å². The molecule has 0 unspecified atom stereocenters. The van der Waals surface area contributed by atoms with Crippen molar-refractivity contribution in [3.8, 4) is 6.07 Å². The van der Waals surface area contributed by atoms with Gasteiger partial charge < -0.3 is 22.1 Å². The van der Waals surface area contributed by atoms with Gasteiger partial charge in [-0.15, -0.1) is 11.3 Å². The summed E-state index contributed by atoms with van der Waals surface area (Å²) in [5, 5.41) is 16.0. The monoisotopic (exact) mass is 407 g/mol. The largest absolute Gasteiger partial charge is 0.365 e. The number of nitriles is 1. The Morgan fingerprint density at radius 3 is 2.83 bits per heavy atom. The fourth-order valence-electron chi connectivity index (χ4n) is 3.58. The van der Waals surface area contributed by atoms with Crippen molar-refractivity contribution in [3.63, 3.8) is 0 Å². The Morgan fingerprint density at radius 1 is 1.24 bits per heavy atom. The number of anilines is 3. The number of nitrogens with zero attached hydrogens (tertiary/aromatic N) is 3. The van der Waals surface area contributed by atoms with Crippen molar-refractivity contribution in [1.29, 1.82) is 5.26 Å². The van der Waals surface area contributed by atoms with Gasteiger partial charge in [0.2, 0.25) is 0 Å². The quantitative estimate of drug-likeness (QED) is 0.509. The molecule has 148 valence electrons. The van der Waals surface area contributed by atoms with Gasteiger partial charge in [-0.2, -0.15) is 5.26 Å². The van der Waals surface area contributed by atoms with Crippen LogP contribution in [0.2, 0.25) is 0 Å². The Bertz CT molecular complexity index is 1100. The van der Waals surface area contributed by atoms with Crippen molar-refractivity contribution < 1.29 is 4.79 Å². The highest BCUT2D eigenvalue weighted by Crippen LogP contribution is 2.29. The van der Waals surface area contributed by atoms with Gasteiger partial charge in [-0.25, -0.2) is 9.97 Å². The van der Waals surface area contributed by atoms with Crippen molar-refractivity contribution >= 4 is 44.8 Å². The van der Waals surface area contributed by atoms with Crippen LogP contribution in [0.5, 0.6) is 0 Å². The second-order valence-corrected chi connectivity index (χ2v) is 8.00. The number of hydrogen-bond acceptors (Lipinski definition) is 8. The van der Waals surface area contributed by atoms with E-state index in [0.717, 1.165) is 41.6 Å². The number of hydrogen-bond donors (Lipinski definition) is 4. The van der Waals surface area contributed by atoms with Crippen molar-refractivity contribution in [3.05, 3.63) is 40.9 Å². The fraction of sp³-hybridized carbons (Fsp3) is 0.300. The van der Waals surface area contributed by atoms with Gasteiger partial charge in [0.1, 0.15) is 17.7 Å². The summed E-state index contributed by atoms with van der Waals surface area (Å²) in [6.45, 7) is 0. The second kappa shape index (κ2) is 8.03. The van der Waals surface area contributed by atoms with Gasteiger partial charge in [-0.1, -0.05) is 12.8 Å². The van der Waals surface area contributed by atoms with Crippen molar-refractivity contribution in [2.45, 2.75) is 37.8 Å². The molecule has 2 heterocycles. The van der Waals surface area contributed by atoms with Crippen LogP contribution in [0.1, 0.15) is 41.6 Å². The number of carbonyl (C=O) groups is 1. The Morgan fingerprint density at radius 2 is 2.07 bits per heavy atom. The van der Waals surface area contributed by atoms with Gasteiger partial charge in [-0.05, 0) is 37.1 Å². The molecule has 1 aliphatic rings. The molecule has 9 heteroatoms. The number of nitrogens with one attached hydrogen (secondary N) is 2. The maximum absolute atomic E-state index is 12.0. The van der Waals surface area contributed by atoms with Gasteiger partial charge >= 0.3 is 0 Å². The third-order valence-corrected chi connectivity index (χ3v) is 5.94. The van der Waals surface area contributed by atoms with E-state index in [1.54, 1.807) is 5.51 Å². The number of benzene rings is 1. The van der Waals surface area contributed by atoms with Crippen LogP contribution in [0.3, 0.4) is 0 Å². The molecule has 3 aromatic rings. The SMILES string of the molecule is N#Cc1cc(C(N)=O)c(Nc2ccc3ncsc3c2)nc1N[C@@H]1CCCC[C@@H]1N. The topological polar surface area (TPSA) is 143 Å². The standard InChI is InChI=1S/C20H21N7OS/c21-9-11-7-13(18(23)28)20(25-12-5-6-16-17(8-12)29-10-24-16)27-19(11)26-15-4-2-1-3-14(15)22/h5-8,10,14-15H,1-4,22H2,(H2,23,28)(H2,25,26,27)/t14-,15+/m0/s1. The summed E-state index contributed by atoms with van der Waals surface area (Å²) >= 11 is 1.52. The molecule has 2 atom stereocenters. The zero-order valence-corrected chi connectivity index (χ0v) is 16.5. The molecule has 1 amide bonds. The van der Waals surface area contributed by atoms with Crippen molar-refractivity contribution in [1.82, 2.24) is 9.97 Å². The highest BCUT2D eigenvalue weighted by molar-refractivity contribution is 7.16. The highest BCUT2D eigenvalue weighted by Gasteiger charge is 2.24. The van der Waals surface area contributed by atoms with Gasteiger partial charge in [0, 0.05) is 17.8 Å². The molecule has 8 nitrogen and oxygen atoms in total. The van der Waals surface area contributed by atoms with E-state index in [1.807, 2.05) is 18.2 Å². The lowest BCUT2D eigenvalue weighted by Crippen LogP contribution is -2.43. The van der Waals surface area contributed by atoms with E-state index in [2.05, 4.69) is 26.7 Å². The van der Waals surface area contributed by atoms with E-state index in [0.29, 0.717) is 11.6 Å². The Labute approximate surface area is 171 Å². The minimum Gasteiger partial charge on any atom is -0.365 e. The van der Waals surface area contributed by atoms with Crippen molar-refractivity contribution in [2.75, 3.05) is 10.6 Å². The van der Waals surface area contributed by atoms with E-state index in [-0.39, 0.29) is 23.2 Å². The molecule has 1 saturated carbocycles. The third kappa shape index (κ3) is 3.99. The van der Waals surface area contributed by atoms with E-state index in [9.17, 15) is 10.1 Å². The maximum atomic E-state index is 12.0. The van der Waals surface area contributed by atoms with Crippen molar-refractivity contribution in [2.24, 2.45) is 11.5 Å². The molecular weight excluding hydrogens is 386 g/mol. The molecule has 4 rings (SSSR count). The average molecular weight is 408 g/mol. The molecule has 1 fully saturated rings. The summed E-state index contributed by atoms with van der Waals surface area (Å²) in [6, 6.07) is 9.28. The predicted molar refractivity (Wildman–Crippen MR) is 114 cm³/mol. The molecular formula is C20H21N7OS. The van der Waals surface area contributed by atoms with Crippen LogP contribution in [-0.4, -0.2) is 28.0 Å². The maximum Gasteiger partial charge on any atom is 0.252 e. The molecule has 29 heavy (non-hydrogen) atoms. The number of primary amides is 1. The third-order valence-electron chi connectivity index (χ3n) is 5.14. The van der Waals surface area contributed by atoms with E-state index in [4.69, 9.17) is 11.5 Å². The lowest BCUT2D eigenvalue weighted by atomic mass is 9.91. The summed E-state index contributed by atoms with van der Waals surface area (Å²) < 4.78 is 1.01. The molecule has 0 bridgehead atoms. The first kappa shape index (κ1) is 19.1. The van der Waals surface area contributed by atoms with Crippen LogP contribution < -0.4 is 22.1 Å². The Balaban J connectivity index is 1.70. The zero-order valence-electron chi connectivity index (χ0n) is 15.7. The molecule has 6 N–H and O–H groups in total. The van der Waals surface area contributed by atoms with Crippen LogP contribution in [0.15, 0.2) is 29.8 Å². The molecule has 0 spiro atoms. The number of nitrogens with two attached hydrogens (primary N) is 2. The van der Waals surface area contributed by atoms with Crippen LogP contribution in [0.4, 0.5) is 17.3 Å². The lowest BCUT2D eigenvalue weighted by Gasteiger charge is -2.30. The van der Waals surface area contributed by atoms with Gasteiger partial charge in [0.25, 0.3) is 5.91 Å². The number of rotatable bonds is 5. The second-order valence-electron chi connectivity index (χ2n) is 7.12. The first-order chi connectivity index (χ1) is 14.0. The lowest BCUT2D eigenvalue weighted by molar-refractivity contribution is 0.100. The number of carbonyl (C=O) groups excluding carboxylic acids is 1. The summed E-state index contributed by atoms with van der Waals surface area (Å²) in [5.41, 5.74) is 15.6. The number of thiazole rings is 1. The molecule has 0 radical (unpaired) electrons. The Kier molecular flexibility index (Phi) is 5.29. The summed E-state index contributed by atoms with van der Waals surface area (Å²) in [6.07, 6.45) is 4.02. The number of aromatic nitrogens is 2. The Hall–Kier alpha value is -3.22. The van der Waals surface area contributed by atoms with Gasteiger partial charge in [-0.3, -0.25) is 4.79 Å². The minimum absolute atomic E-state index is 0.00180. The average Bonchev–Trinajstić information content (AvgIpc) is 3.17. The number of amides is 1. The first-order valence-corrected chi connectivity index (χ1v) is 10.3. The number of fused-ring (bicyclic) bond motifs is 1. The van der Waals surface area contributed by atoms with Crippen LogP contribution in [0.25, 0.3) is 10.2 Å². The highest BCUT2D eigenvalue weighted by atomic mass is 32.1. The van der Waals surface area contributed by atoms with Crippen LogP contribution in [-0.2, 0) is 0 Å². The van der Waals surface area contributed by atoms with Crippen LogP contribution in [0, 0.1) is 11.3 Å². The van der Waals surface area contributed by atoms with Gasteiger partial charge in [0.15, 0.2) is 0 Å². The molecule has 1 aliphatic carbocycles. The summed E-state index contributed by atoms with van der Waals surface area (Å²) in [7, 11) is 0. The normalized spacial score (nSPS) is 18.9. The molecule has 1 aromatic carbocycles. The van der Waals surface area contributed by atoms with E-state index < -0.39 is 5.91 Å². The molecule has 0 saturated heterocycles. The zero-order chi connectivity index (χ0) is 20.4. The molecule has 2 aromatic heterocycles. The van der Waals surface area contributed by atoms with E-state index in [1.165, 1.54) is 17.4 Å². The first-order valence-electron chi connectivity index (χ1n) is 9.42.